The van der Waals surface area contributed by atoms with Gasteiger partial charge in [-0.1, -0.05) is 24.3 Å². The van der Waals surface area contributed by atoms with Crippen LogP contribution in [0.15, 0.2) is 48.5 Å². The van der Waals surface area contributed by atoms with E-state index in [9.17, 15) is 9.59 Å². The van der Waals surface area contributed by atoms with Gasteiger partial charge in [-0.15, -0.1) is 0 Å². The molecule has 0 aliphatic heterocycles. The van der Waals surface area contributed by atoms with Gasteiger partial charge in [-0.05, 0) is 29.8 Å². The molecule has 0 heterocycles. The first-order valence-corrected chi connectivity index (χ1v) is 8.36. The summed E-state index contributed by atoms with van der Waals surface area (Å²) in [5.41, 5.74) is 1.69. The average Bonchev–Trinajstić information content (AvgIpc) is 2.66. The van der Waals surface area contributed by atoms with Crippen molar-refractivity contribution >= 4 is 17.5 Å². The maximum atomic E-state index is 12.1. The number of hydrogen-bond acceptors (Lipinski definition) is 4. The van der Waals surface area contributed by atoms with E-state index < -0.39 is 0 Å². The van der Waals surface area contributed by atoms with Crippen molar-refractivity contribution in [2.75, 3.05) is 25.7 Å². The van der Waals surface area contributed by atoms with Crippen LogP contribution in [0.1, 0.15) is 18.9 Å². The number of benzene rings is 2. The van der Waals surface area contributed by atoms with Gasteiger partial charge in [-0.3, -0.25) is 9.59 Å². The lowest BCUT2D eigenvalue weighted by Gasteiger charge is -2.20. The van der Waals surface area contributed by atoms with E-state index in [2.05, 4.69) is 5.32 Å². The second-order valence-electron chi connectivity index (χ2n) is 5.72. The molecule has 6 heteroatoms. The number of hydrogen-bond donors (Lipinski definition) is 1. The highest BCUT2D eigenvalue weighted by Gasteiger charge is 2.13. The Morgan fingerprint density at radius 2 is 1.69 bits per heavy atom. The summed E-state index contributed by atoms with van der Waals surface area (Å²) in [7, 11) is 3.15. The maximum Gasteiger partial charge on any atom is 0.223 e. The molecule has 26 heavy (non-hydrogen) atoms. The third-order valence-electron chi connectivity index (χ3n) is 3.95. The van der Waals surface area contributed by atoms with Crippen LogP contribution in [0.2, 0.25) is 0 Å². The summed E-state index contributed by atoms with van der Waals surface area (Å²) in [6.07, 6.45) is 0.224. The van der Waals surface area contributed by atoms with Gasteiger partial charge in [-0.2, -0.15) is 0 Å². The molecule has 2 amide bonds. The predicted octanol–water partition coefficient (Wildman–Crippen LogP) is 2.76. The maximum absolute atomic E-state index is 12.1. The normalized spacial score (nSPS) is 10.1. The summed E-state index contributed by atoms with van der Waals surface area (Å²) >= 11 is 0. The molecule has 2 aromatic carbocycles. The number of nitrogens with zero attached hydrogens (tertiary/aromatic N) is 1. The summed E-state index contributed by atoms with van der Waals surface area (Å²) in [6.45, 7) is 2.20. The van der Waals surface area contributed by atoms with Gasteiger partial charge in [0.2, 0.25) is 11.8 Å². The highest BCUT2D eigenvalue weighted by Crippen LogP contribution is 2.27. The van der Waals surface area contributed by atoms with Crippen molar-refractivity contribution in [2.45, 2.75) is 19.9 Å². The number of carbonyl (C=O) groups excluding carboxylic acids is 2. The molecule has 2 aromatic rings. The quantitative estimate of drug-likeness (QED) is 0.790. The van der Waals surface area contributed by atoms with Crippen LogP contribution in [-0.2, 0) is 16.1 Å². The van der Waals surface area contributed by atoms with Crippen LogP contribution in [0.4, 0.5) is 5.69 Å². The lowest BCUT2D eigenvalue weighted by Crippen LogP contribution is -2.33. The molecule has 0 aliphatic rings. The van der Waals surface area contributed by atoms with Crippen molar-refractivity contribution in [3.05, 3.63) is 54.1 Å². The Morgan fingerprint density at radius 3 is 2.31 bits per heavy atom. The highest BCUT2D eigenvalue weighted by atomic mass is 16.5. The second-order valence-corrected chi connectivity index (χ2v) is 5.72. The van der Waals surface area contributed by atoms with Gasteiger partial charge in [0.15, 0.2) is 11.5 Å². The van der Waals surface area contributed by atoms with E-state index >= 15 is 0 Å². The molecule has 0 unspecified atom stereocenters. The van der Waals surface area contributed by atoms with E-state index in [4.69, 9.17) is 9.47 Å². The summed E-state index contributed by atoms with van der Waals surface area (Å²) in [5.74, 6) is 1.04. The minimum atomic E-state index is -0.123. The Labute approximate surface area is 153 Å². The number of methoxy groups -OCH3 is 2. The van der Waals surface area contributed by atoms with E-state index in [0.29, 0.717) is 24.6 Å². The number of anilines is 1. The molecule has 0 saturated heterocycles. The minimum absolute atomic E-state index is 0.0936. The van der Waals surface area contributed by atoms with E-state index in [-0.39, 0.29) is 18.2 Å². The van der Waals surface area contributed by atoms with E-state index in [1.165, 1.54) is 6.92 Å². The second kappa shape index (κ2) is 9.46. The Bertz CT molecular complexity index is 747. The van der Waals surface area contributed by atoms with Gasteiger partial charge in [0.1, 0.15) is 0 Å². The van der Waals surface area contributed by atoms with Crippen LogP contribution in [0.25, 0.3) is 0 Å². The Hall–Kier alpha value is -3.02. The number of rotatable bonds is 8. The van der Waals surface area contributed by atoms with Crippen LogP contribution in [-0.4, -0.2) is 32.6 Å². The molecular formula is C20H24N2O4. The molecule has 0 atom stereocenters. The zero-order valence-electron chi connectivity index (χ0n) is 15.3. The standard InChI is InChI=1S/C20H24N2O4/c1-15(23)22(17-7-5-4-6-8-17)12-11-20(24)21-14-16-9-10-18(25-2)19(13-16)26-3/h4-10,13H,11-12,14H2,1-3H3,(H,21,24). The van der Waals surface area contributed by atoms with Crippen LogP contribution >= 0.6 is 0 Å². The summed E-state index contributed by atoms with van der Waals surface area (Å²) in [4.78, 5) is 25.6. The molecule has 0 radical (unpaired) electrons. The molecule has 1 N–H and O–H groups in total. The molecule has 0 fully saturated rings. The van der Waals surface area contributed by atoms with Crippen LogP contribution < -0.4 is 19.7 Å². The number of para-hydroxylation sites is 1. The Kier molecular flexibility index (Phi) is 7.02. The fraction of sp³-hybridized carbons (Fsp3) is 0.300. The van der Waals surface area contributed by atoms with Gasteiger partial charge in [0, 0.05) is 32.1 Å². The Morgan fingerprint density at radius 1 is 1.00 bits per heavy atom. The molecular weight excluding hydrogens is 332 g/mol. The van der Waals surface area contributed by atoms with E-state index in [0.717, 1.165) is 11.3 Å². The zero-order valence-corrected chi connectivity index (χ0v) is 15.3. The molecule has 0 saturated carbocycles. The monoisotopic (exact) mass is 356 g/mol. The molecule has 0 spiro atoms. The van der Waals surface area contributed by atoms with Gasteiger partial charge in [0.25, 0.3) is 0 Å². The third-order valence-corrected chi connectivity index (χ3v) is 3.95. The average molecular weight is 356 g/mol. The smallest absolute Gasteiger partial charge is 0.223 e. The minimum Gasteiger partial charge on any atom is -0.493 e. The van der Waals surface area contributed by atoms with E-state index in [1.54, 1.807) is 25.2 Å². The van der Waals surface area contributed by atoms with E-state index in [1.807, 2.05) is 42.5 Å². The van der Waals surface area contributed by atoms with Crippen molar-refractivity contribution < 1.29 is 19.1 Å². The summed E-state index contributed by atoms with van der Waals surface area (Å²) < 4.78 is 10.5. The van der Waals surface area contributed by atoms with Crippen LogP contribution in [0.5, 0.6) is 11.5 Å². The first-order valence-electron chi connectivity index (χ1n) is 8.36. The van der Waals surface area contributed by atoms with Crippen molar-refractivity contribution in [1.29, 1.82) is 0 Å². The zero-order chi connectivity index (χ0) is 18.9. The fourth-order valence-corrected chi connectivity index (χ4v) is 2.57. The van der Waals surface area contributed by atoms with Crippen molar-refractivity contribution in [3.63, 3.8) is 0 Å². The van der Waals surface area contributed by atoms with Gasteiger partial charge in [-0.25, -0.2) is 0 Å². The molecule has 0 aliphatic carbocycles. The summed E-state index contributed by atoms with van der Waals surface area (Å²) in [6, 6.07) is 14.8. The summed E-state index contributed by atoms with van der Waals surface area (Å²) in [5, 5.41) is 2.86. The topological polar surface area (TPSA) is 67.9 Å². The molecule has 6 nitrogen and oxygen atoms in total. The highest BCUT2D eigenvalue weighted by molar-refractivity contribution is 5.92. The van der Waals surface area contributed by atoms with Crippen molar-refractivity contribution in [3.8, 4) is 11.5 Å². The van der Waals surface area contributed by atoms with Crippen LogP contribution in [0.3, 0.4) is 0 Å². The fourth-order valence-electron chi connectivity index (χ4n) is 2.57. The van der Waals surface area contributed by atoms with Crippen LogP contribution in [0, 0.1) is 0 Å². The molecule has 2 rings (SSSR count). The first kappa shape index (κ1) is 19.3. The first-order chi connectivity index (χ1) is 12.5. The largest absolute Gasteiger partial charge is 0.493 e. The predicted molar refractivity (Wildman–Crippen MR) is 100 cm³/mol. The number of ether oxygens (including phenoxy) is 2. The SMILES string of the molecule is COc1ccc(CNC(=O)CCN(C(C)=O)c2ccccc2)cc1OC. The number of carbonyl (C=O) groups is 2. The third kappa shape index (κ3) is 5.24. The molecule has 0 aromatic heterocycles. The number of nitrogens with one attached hydrogen (secondary N) is 1. The van der Waals surface area contributed by atoms with Gasteiger partial charge < -0.3 is 19.7 Å². The van der Waals surface area contributed by atoms with Crippen molar-refractivity contribution in [2.24, 2.45) is 0 Å². The molecule has 0 bridgehead atoms. The van der Waals surface area contributed by atoms with Gasteiger partial charge >= 0.3 is 0 Å². The Balaban J connectivity index is 1.89. The van der Waals surface area contributed by atoms with Gasteiger partial charge in [0.05, 0.1) is 14.2 Å². The lowest BCUT2D eigenvalue weighted by atomic mass is 10.2. The lowest BCUT2D eigenvalue weighted by molar-refractivity contribution is -0.121. The molecule has 138 valence electrons. The number of amides is 2. The van der Waals surface area contributed by atoms with Crippen molar-refractivity contribution in [1.82, 2.24) is 5.32 Å².